The van der Waals surface area contributed by atoms with Gasteiger partial charge < -0.3 is 10.5 Å². The number of carbonyl (C=O) groups is 1. The third kappa shape index (κ3) is 2.70. The van der Waals surface area contributed by atoms with E-state index in [0.717, 1.165) is 5.56 Å². The number of carbonyl (C=O) groups excluding carboxylic acids is 1. The smallest absolute Gasteiger partial charge is 0.339 e. The van der Waals surface area contributed by atoms with Gasteiger partial charge in [0.15, 0.2) is 0 Å². The lowest BCUT2D eigenvalue weighted by Crippen LogP contribution is -2.28. The maximum absolute atomic E-state index is 11.3. The summed E-state index contributed by atoms with van der Waals surface area (Å²) in [5.41, 5.74) is 6.66. The van der Waals surface area contributed by atoms with Gasteiger partial charge in [-0.25, -0.2) is 4.79 Å². The van der Waals surface area contributed by atoms with E-state index in [4.69, 9.17) is 17.3 Å². The predicted molar refractivity (Wildman–Crippen MR) is 60.0 cm³/mol. The molecule has 0 unspecified atom stereocenters. The first-order valence-corrected chi connectivity index (χ1v) is 4.91. The highest BCUT2D eigenvalue weighted by molar-refractivity contribution is 6.33. The van der Waals surface area contributed by atoms with Crippen LogP contribution in [0.3, 0.4) is 0 Å². The van der Waals surface area contributed by atoms with Gasteiger partial charge in [0.1, 0.15) is 0 Å². The van der Waals surface area contributed by atoms with Crippen molar-refractivity contribution in [2.24, 2.45) is 5.73 Å². The summed E-state index contributed by atoms with van der Waals surface area (Å²) >= 11 is 5.95. The average Bonchev–Trinajstić information content (AvgIpc) is 2.15. The van der Waals surface area contributed by atoms with Crippen molar-refractivity contribution >= 4 is 17.6 Å². The predicted octanol–water partition coefficient (Wildman–Crippen LogP) is 2.32. The Kier molecular flexibility index (Phi) is 3.37. The topological polar surface area (TPSA) is 52.3 Å². The lowest BCUT2D eigenvalue weighted by molar-refractivity contribution is 0.0601. The zero-order valence-corrected chi connectivity index (χ0v) is 9.76. The summed E-state index contributed by atoms with van der Waals surface area (Å²) in [4.78, 5) is 11.3. The van der Waals surface area contributed by atoms with Crippen molar-refractivity contribution in [1.29, 1.82) is 0 Å². The molecule has 82 valence electrons. The van der Waals surface area contributed by atoms with E-state index in [1.54, 1.807) is 18.2 Å². The van der Waals surface area contributed by atoms with Crippen LogP contribution < -0.4 is 5.73 Å². The molecule has 0 saturated carbocycles. The van der Waals surface area contributed by atoms with Gasteiger partial charge in [-0.15, -0.1) is 0 Å². The van der Waals surface area contributed by atoms with E-state index < -0.39 is 11.5 Å². The van der Waals surface area contributed by atoms with Crippen LogP contribution in [0.2, 0.25) is 5.02 Å². The van der Waals surface area contributed by atoms with Gasteiger partial charge in [0.2, 0.25) is 0 Å². The molecule has 0 aliphatic rings. The van der Waals surface area contributed by atoms with Crippen LogP contribution in [0.25, 0.3) is 0 Å². The Bertz CT molecular complexity index is 383. The van der Waals surface area contributed by atoms with E-state index in [0.29, 0.717) is 10.6 Å². The summed E-state index contributed by atoms with van der Waals surface area (Å²) in [6, 6.07) is 5.09. The van der Waals surface area contributed by atoms with E-state index in [1.165, 1.54) is 7.11 Å². The van der Waals surface area contributed by atoms with E-state index in [1.807, 2.05) is 13.8 Å². The first-order valence-electron chi connectivity index (χ1n) is 4.53. The molecule has 0 spiro atoms. The normalized spacial score (nSPS) is 11.3. The molecule has 4 heteroatoms. The van der Waals surface area contributed by atoms with Crippen LogP contribution in [0.15, 0.2) is 18.2 Å². The van der Waals surface area contributed by atoms with Crippen molar-refractivity contribution in [2.45, 2.75) is 19.4 Å². The minimum atomic E-state index is -0.474. The van der Waals surface area contributed by atoms with Gasteiger partial charge in [0, 0.05) is 5.54 Å². The quantitative estimate of drug-likeness (QED) is 0.789. The van der Waals surface area contributed by atoms with Crippen molar-refractivity contribution in [2.75, 3.05) is 7.11 Å². The second-order valence-electron chi connectivity index (χ2n) is 3.91. The number of benzene rings is 1. The van der Waals surface area contributed by atoms with Crippen molar-refractivity contribution in [3.8, 4) is 0 Å². The molecule has 2 N–H and O–H groups in total. The standard InChI is InChI=1S/C11H14ClNO2/c1-11(2,13)7-4-5-8(9(12)6-7)10(14)15-3/h4-6H,13H2,1-3H3. The van der Waals surface area contributed by atoms with Gasteiger partial charge in [0.25, 0.3) is 0 Å². The summed E-state index contributed by atoms with van der Waals surface area (Å²) in [6.45, 7) is 3.74. The zero-order chi connectivity index (χ0) is 11.6. The third-order valence-corrected chi connectivity index (χ3v) is 2.43. The average molecular weight is 228 g/mol. The maximum atomic E-state index is 11.3. The number of rotatable bonds is 2. The highest BCUT2D eigenvalue weighted by Crippen LogP contribution is 2.24. The molecule has 3 nitrogen and oxygen atoms in total. The second kappa shape index (κ2) is 4.21. The Morgan fingerprint density at radius 1 is 1.47 bits per heavy atom. The Hall–Kier alpha value is -1.06. The van der Waals surface area contributed by atoms with Gasteiger partial charge in [0.05, 0.1) is 17.7 Å². The first kappa shape index (κ1) is 12.0. The highest BCUT2D eigenvalue weighted by Gasteiger charge is 2.17. The molecule has 1 rings (SSSR count). The highest BCUT2D eigenvalue weighted by atomic mass is 35.5. The molecule has 15 heavy (non-hydrogen) atoms. The summed E-state index contributed by atoms with van der Waals surface area (Å²) in [5, 5.41) is 0.359. The number of nitrogens with two attached hydrogens (primary N) is 1. The Balaban J connectivity index is 3.15. The van der Waals surface area contributed by atoms with Crippen molar-refractivity contribution in [3.63, 3.8) is 0 Å². The summed E-state index contributed by atoms with van der Waals surface area (Å²) in [5.74, 6) is -0.443. The monoisotopic (exact) mass is 227 g/mol. The summed E-state index contributed by atoms with van der Waals surface area (Å²) < 4.78 is 4.59. The minimum Gasteiger partial charge on any atom is -0.465 e. The van der Waals surface area contributed by atoms with Crippen LogP contribution in [0.5, 0.6) is 0 Å². The van der Waals surface area contributed by atoms with Gasteiger partial charge in [-0.3, -0.25) is 0 Å². The maximum Gasteiger partial charge on any atom is 0.339 e. The molecule has 0 fully saturated rings. The van der Waals surface area contributed by atoms with Gasteiger partial charge in [-0.1, -0.05) is 17.7 Å². The van der Waals surface area contributed by atoms with Crippen LogP contribution in [0.4, 0.5) is 0 Å². The molecule has 0 heterocycles. The molecule has 1 aromatic rings. The fraction of sp³-hybridized carbons (Fsp3) is 0.364. The lowest BCUT2D eigenvalue weighted by atomic mass is 9.95. The molecule has 0 radical (unpaired) electrons. The van der Waals surface area contributed by atoms with Crippen molar-refractivity contribution in [1.82, 2.24) is 0 Å². The first-order chi connectivity index (χ1) is 6.86. The molecule has 0 aromatic heterocycles. The number of methoxy groups -OCH3 is 1. The number of hydrogen-bond acceptors (Lipinski definition) is 3. The minimum absolute atomic E-state index is 0.354. The number of esters is 1. The third-order valence-electron chi connectivity index (χ3n) is 2.12. The van der Waals surface area contributed by atoms with E-state index in [9.17, 15) is 4.79 Å². The Morgan fingerprint density at radius 2 is 2.07 bits per heavy atom. The molecule has 0 saturated heterocycles. The number of hydrogen-bond donors (Lipinski definition) is 1. The van der Waals surface area contributed by atoms with Crippen LogP contribution in [-0.4, -0.2) is 13.1 Å². The molecule has 1 aromatic carbocycles. The van der Waals surface area contributed by atoms with E-state index in [2.05, 4.69) is 4.74 Å². The fourth-order valence-electron chi connectivity index (χ4n) is 1.19. The molecule has 0 aliphatic carbocycles. The summed E-state index contributed by atoms with van der Waals surface area (Å²) in [7, 11) is 1.32. The molecule has 0 amide bonds. The second-order valence-corrected chi connectivity index (χ2v) is 4.32. The lowest BCUT2D eigenvalue weighted by Gasteiger charge is -2.19. The van der Waals surface area contributed by atoms with Gasteiger partial charge in [-0.05, 0) is 31.5 Å². The van der Waals surface area contributed by atoms with Crippen LogP contribution in [0.1, 0.15) is 29.8 Å². The van der Waals surface area contributed by atoms with Gasteiger partial charge >= 0.3 is 5.97 Å². The largest absolute Gasteiger partial charge is 0.465 e. The number of halogens is 1. The van der Waals surface area contributed by atoms with Crippen LogP contribution >= 0.6 is 11.6 Å². The molecular weight excluding hydrogens is 214 g/mol. The number of ether oxygens (including phenoxy) is 1. The summed E-state index contributed by atoms with van der Waals surface area (Å²) in [6.07, 6.45) is 0. The Morgan fingerprint density at radius 3 is 2.47 bits per heavy atom. The van der Waals surface area contributed by atoms with Crippen molar-refractivity contribution < 1.29 is 9.53 Å². The zero-order valence-electron chi connectivity index (χ0n) is 9.00. The van der Waals surface area contributed by atoms with Crippen LogP contribution in [-0.2, 0) is 10.3 Å². The fourth-order valence-corrected chi connectivity index (χ4v) is 1.45. The Labute approximate surface area is 94.2 Å². The van der Waals surface area contributed by atoms with Gasteiger partial charge in [-0.2, -0.15) is 0 Å². The SMILES string of the molecule is COC(=O)c1ccc(C(C)(C)N)cc1Cl. The van der Waals surface area contributed by atoms with Crippen molar-refractivity contribution in [3.05, 3.63) is 34.3 Å². The molecule has 0 bridgehead atoms. The van der Waals surface area contributed by atoms with Crippen LogP contribution in [0, 0.1) is 0 Å². The van der Waals surface area contributed by atoms with E-state index in [-0.39, 0.29) is 0 Å². The molecule has 0 aliphatic heterocycles. The molecular formula is C11H14ClNO2. The molecule has 0 atom stereocenters. The van der Waals surface area contributed by atoms with E-state index >= 15 is 0 Å².